The second-order valence-corrected chi connectivity index (χ2v) is 8.91. The topological polar surface area (TPSA) is 116 Å². The zero-order valence-electron chi connectivity index (χ0n) is 18.6. The van der Waals surface area contributed by atoms with Gasteiger partial charge in [-0.3, -0.25) is 4.79 Å². The Morgan fingerprint density at radius 2 is 2.00 bits per heavy atom. The Labute approximate surface area is 196 Å². The fourth-order valence-corrected chi connectivity index (χ4v) is 4.47. The maximum Gasteiger partial charge on any atom is 0.227 e. The fraction of sp³-hybridized carbons (Fsp3) is 0.364. The number of piperazine rings is 1. The van der Waals surface area contributed by atoms with E-state index in [1.54, 1.807) is 36.5 Å². The van der Waals surface area contributed by atoms with E-state index in [4.69, 9.17) is 0 Å². The largest absolute Gasteiger partial charge is 0.324 e. The Bertz CT molecular complexity index is 1130. The van der Waals surface area contributed by atoms with Crippen LogP contribution < -0.4 is 10.6 Å². The molecule has 0 bridgehead atoms. The maximum atomic E-state index is 12.4. The zero-order chi connectivity index (χ0) is 23.2. The zero-order valence-corrected chi connectivity index (χ0v) is 19.4. The first-order chi connectivity index (χ1) is 16.0. The van der Waals surface area contributed by atoms with E-state index in [0.717, 1.165) is 43.3 Å². The van der Waals surface area contributed by atoms with E-state index in [9.17, 15) is 9.70 Å². The summed E-state index contributed by atoms with van der Waals surface area (Å²) in [5, 5.41) is 9.51. The number of nitroso groups, excluding NO2 is 1. The quantitative estimate of drug-likeness (QED) is 0.484. The molecule has 4 rings (SSSR count). The van der Waals surface area contributed by atoms with E-state index in [2.05, 4.69) is 47.6 Å². The van der Waals surface area contributed by atoms with Crippen LogP contribution in [0, 0.1) is 11.8 Å². The second kappa shape index (κ2) is 10.6. The minimum Gasteiger partial charge on any atom is -0.324 e. The first-order valence-electron chi connectivity index (χ1n) is 10.7. The van der Waals surface area contributed by atoms with E-state index in [-0.39, 0.29) is 5.91 Å². The van der Waals surface area contributed by atoms with Gasteiger partial charge in [-0.2, -0.15) is 0 Å². The van der Waals surface area contributed by atoms with Crippen LogP contribution >= 0.6 is 11.3 Å². The van der Waals surface area contributed by atoms with Gasteiger partial charge in [0.2, 0.25) is 11.9 Å². The third kappa shape index (κ3) is 6.15. The van der Waals surface area contributed by atoms with E-state index in [1.807, 2.05) is 6.92 Å². The number of amides is 1. The number of nitrogens with one attached hydrogen (secondary N) is 2. The normalized spacial score (nSPS) is 14.7. The van der Waals surface area contributed by atoms with E-state index >= 15 is 0 Å². The molecule has 1 aliphatic rings. The molecule has 0 spiro atoms. The Morgan fingerprint density at radius 1 is 1.18 bits per heavy atom. The van der Waals surface area contributed by atoms with Crippen molar-refractivity contribution in [3.63, 3.8) is 0 Å². The molecule has 1 aromatic carbocycles. The molecule has 3 aromatic rings. The summed E-state index contributed by atoms with van der Waals surface area (Å²) in [7, 11) is 2.12. The minimum atomic E-state index is -0.0389. The van der Waals surface area contributed by atoms with Crippen LogP contribution in [0.2, 0.25) is 0 Å². The number of hydrogen-bond donors (Lipinski definition) is 2. The lowest BCUT2D eigenvalue weighted by molar-refractivity contribution is -0.116. The minimum absolute atomic E-state index is 0.0389. The van der Waals surface area contributed by atoms with E-state index in [1.165, 1.54) is 11.3 Å². The molecule has 10 nitrogen and oxygen atoms in total. The summed E-state index contributed by atoms with van der Waals surface area (Å²) in [6.45, 7) is 6.69. The van der Waals surface area contributed by atoms with Crippen LogP contribution in [-0.2, 0) is 4.79 Å². The first kappa shape index (κ1) is 22.9. The number of thiazole rings is 1. The first-order valence-corrected chi connectivity index (χ1v) is 11.5. The van der Waals surface area contributed by atoms with E-state index in [0.29, 0.717) is 34.6 Å². The van der Waals surface area contributed by atoms with Crippen LogP contribution in [-0.4, -0.2) is 70.4 Å². The number of likely N-dealkylation sites (N-methyl/N-ethyl adjacent to an activating group) is 1. The van der Waals surface area contributed by atoms with E-state index < -0.39 is 0 Å². The van der Waals surface area contributed by atoms with Gasteiger partial charge in [-0.1, -0.05) is 17.4 Å². The number of carbonyl (C=O) groups is 1. The molecule has 0 aliphatic carbocycles. The van der Waals surface area contributed by atoms with Gasteiger partial charge < -0.3 is 20.4 Å². The highest BCUT2D eigenvalue weighted by Crippen LogP contribution is 2.32. The Kier molecular flexibility index (Phi) is 7.33. The SMILES string of the molecule is Cc1nc(NC(=O)CCN2CCN(C)CC2)sc1-c1ccnc(Nc2cccc(N=O)c2)n1. The van der Waals surface area contributed by atoms with Gasteiger partial charge in [0.05, 0.1) is 16.3 Å². The molecule has 1 saturated heterocycles. The number of hydrogen-bond acceptors (Lipinski definition) is 10. The van der Waals surface area contributed by atoms with Gasteiger partial charge in [-0.05, 0) is 43.4 Å². The predicted molar refractivity (Wildman–Crippen MR) is 130 cm³/mol. The fourth-order valence-electron chi connectivity index (χ4n) is 3.52. The molecule has 2 N–H and O–H groups in total. The predicted octanol–water partition coefficient (Wildman–Crippen LogP) is 3.63. The molecule has 1 aliphatic heterocycles. The van der Waals surface area contributed by atoms with Crippen LogP contribution in [0.15, 0.2) is 41.7 Å². The third-order valence-corrected chi connectivity index (χ3v) is 6.49. The molecule has 0 saturated carbocycles. The number of aromatic nitrogens is 3. The summed E-state index contributed by atoms with van der Waals surface area (Å²) in [5.74, 6) is 0.351. The van der Waals surface area contributed by atoms with Gasteiger partial charge in [0, 0.05) is 51.0 Å². The Balaban J connectivity index is 1.39. The number of rotatable bonds is 8. The highest BCUT2D eigenvalue weighted by molar-refractivity contribution is 7.19. The van der Waals surface area contributed by atoms with Gasteiger partial charge in [0.25, 0.3) is 0 Å². The summed E-state index contributed by atoms with van der Waals surface area (Å²) < 4.78 is 0. The number of nitrogens with zero attached hydrogens (tertiary/aromatic N) is 6. The van der Waals surface area contributed by atoms with Crippen LogP contribution in [0.25, 0.3) is 10.6 Å². The molecule has 33 heavy (non-hydrogen) atoms. The van der Waals surface area contributed by atoms with Crippen LogP contribution in [0.3, 0.4) is 0 Å². The molecule has 1 amide bonds. The number of benzene rings is 1. The molecule has 2 aromatic heterocycles. The molecule has 172 valence electrons. The summed E-state index contributed by atoms with van der Waals surface area (Å²) in [6, 6.07) is 8.58. The lowest BCUT2D eigenvalue weighted by atomic mass is 10.3. The van der Waals surface area contributed by atoms with Crippen molar-refractivity contribution in [1.82, 2.24) is 24.8 Å². The Hall–Kier alpha value is -3.28. The lowest BCUT2D eigenvalue weighted by Crippen LogP contribution is -2.45. The summed E-state index contributed by atoms with van der Waals surface area (Å²) in [4.78, 5) is 42.0. The van der Waals surface area contributed by atoms with Gasteiger partial charge in [0.1, 0.15) is 5.69 Å². The van der Waals surface area contributed by atoms with Crippen molar-refractivity contribution in [2.75, 3.05) is 50.4 Å². The van der Waals surface area contributed by atoms with Crippen LogP contribution in [0.1, 0.15) is 12.1 Å². The average Bonchev–Trinajstić information content (AvgIpc) is 3.18. The smallest absolute Gasteiger partial charge is 0.227 e. The van der Waals surface area contributed by atoms with Gasteiger partial charge in [-0.25, -0.2) is 15.0 Å². The lowest BCUT2D eigenvalue weighted by Gasteiger charge is -2.32. The van der Waals surface area contributed by atoms with Crippen molar-refractivity contribution in [2.24, 2.45) is 5.18 Å². The van der Waals surface area contributed by atoms with Crippen molar-refractivity contribution in [2.45, 2.75) is 13.3 Å². The second-order valence-electron chi connectivity index (χ2n) is 7.91. The third-order valence-electron chi connectivity index (χ3n) is 5.39. The monoisotopic (exact) mass is 466 g/mol. The van der Waals surface area contributed by atoms with Gasteiger partial charge in [-0.15, -0.1) is 4.91 Å². The summed E-state index contributed by atoms with van der Waals surface area (Å²) >= 11 is 1.39. The van der Waals surface area contributed by atoms with Crippen molar-refractivity contribution in [1.29, 1.82) is 0 Å². The van der Waals surface area contributed by atoms with Crippen molar-refractivity contribution < 1.29 is 4.79 Å². The molecule has 0 unspecified atom stereocenters. The number of carbonyl (C=O) groups excluding carboxylic acids is 1. The number of anilines is 3. The molecule has 1 fully saturated rings. The highest BCUT2D eigenvalue weighted by atomic mass is 32.1. The van der Waals surface area contributed by atoms with Crippen molar-refractivity contribution in [3.8, 4) is 10.6 Å². The van der Waals surface area contributed by atoms with Crippen LogP contribution in [0.4, 0.5) is 22.5 Å². The Morgan fingerprint density at radius 3 is 2.79 bits per heavy atom. The van der Waals surface area contributed by atoms with Crippen LogP contribution in [0.5, 0.6) is 0 Å². The van der Waals surface area contributed by atoms with Crippen molar-refractivity contribution >= 4 is 39.7 Å². The molecule has 0 atom stereocenters. The molecule has 3 heterocycles. The summed E-state index contributed by atoms with van der Waals surface area (Å²) in [5.41, 5.74) is 2.47. The van der Waals surface area contributed by atoms with Gasteiger partial charge in [0.15, 0.2) is 5.13 Å². The molecule has 11 heteroatoms. The summed E-state index contributed by atoms with van der Waals surface area (Å²) in [6.07, 6.45) is 2.09. The molecular weight excluding hydrogens is 440 g/mol. The average molecular weight is 467 g/mol. The standard InChI is InChI=1S/C22H26N8O2S/c1-15-20(18-6-8-23-21(26-18)25-16-4-3-5-17(14-16)28-32)33-22(24-15)27-19(31)7-9-30-12-10-29(2)11-13-30/h3-6,8,14H,7,9-13H2,1-2H3,(H,23,25,26)(H,24,27,31). The number of aryl methyl sites for hydroxylation is 1. The maximum absolute atomic E-state index is 12.4. The molecular formula is C22H26N8O2S. The van der Waals surface area contributed by atoms with Gasteiger partial charge >= 0.3 is 0 Å². The van der Waals surface area contributed by atoms with Crippen molar-refractivity contribution in [3.05, 3.63) is 47.1 Å². The highest BCUT2D eigenvalue weighted by Gasteiger charge is 2.17. The molecule has 0 radical (unpaired) electrons.